The maximum Gasteiger partial charge on any atom is 0.253 e. The minimum Gasteiger partial charge on any atom is -0.484 e. The number of ether oxygens (including phenoxy) is 2. The zero-order chi connectivity index (χ0) is 18.8. The predicted molar refractivity (Wildman–Crippen MR) is 97.1 cm³/mol. The molecule has 4 rings (SSSR count). The average molecular weight is 364 g/mol. The van der Waals surface area contributed by atoms with Crippen LogP contribution in [0.15, 0.2) is 62.2 Å². The fourth-order valence-corrected chi connectivity index (χ4v) is 2.62. The van der Waals surface area contributed by atoms with Gasteiger partial charge in [-0.25, -0.2) is 0 Å². The SMILES string of the molecule is Cc1nnc(COc2ccc3c(=O)c(Oc4ccccc4)c(C)oc3c2)o1. The molecule has 0 unspecified atom stereocenters. The van der Waals surface area contributed by atoms with E-state index < -0.39 is 0 Å². The van der Waals surface area contributed by atoms with Crippen molar-refractivity contribution in [3.05, 3.63) is 76.3 Å². The Morgan fingerprint density at radius 2 is 1.78 bits per heavy atom. The van der Waals surface area contributed by atoms with Gasteiger partial charge in [0.1, 0.15) is 22.8 Å². The van der Waals surface area contributed by atoms with Gasteiger partial charge in [-0.2, -0.15) is 0 Å². The lowest BCUT2D eigenvalue weighted by atomic mass is 10.2. The number of para-hydroxylation sites is 1. The van der Waals surface area contributed by atoms with Crippen LogP contribution < -0.4 is 14.9 Å². The molecule has 2 aromatic heterocycles. The molecular formula is C20H16N2O5. The summed E-state index contributed by atoms with van der Waals surface area (Å²) < 4.78 is 22.4. The summed E-state index contributed by atoms with van der Waals surface area (Å²) >= 11 is 0. The average Bonchev–Trinajstić information content (AvgIpc) is 3.09. The first-order valence-electron chi connectivity index (χ1n) is 8.32. The van der Waals surface area contributed by atoms with Crippen molar-refractivity contribution in [1.82, 2.24) is 10.2 Å². The van der Waals surface area contributed by atoms with Gasteiger partial charge in [-0.15, -0.1) is 10.2 Å². The Hall–Kier alpha value is -3.61. The molecule has 27 heavy (non-hydrogen) atoms. The molecule has 7 nitrogen and oxygen atoms in total. The quantitative estimate of drug-likeness (QED) is 0.525. The van der Waals surface area contributed by atoms with Crippen molar-refractivity contribution in [3.8, 4) is 17.2 Å². The highest BCUT2D eigenvalue weighted by Crippen LogP contribution is 2.27. The van der Waals surface area contributed by atoms with Crippen LogP contribution in [0.25, 0.3) is 11.0 Å². The fourth-order valence-electron chi connectivity index (χ4n) is 2.62. The third-order valence-electron chi connectivity index (χ3n) is 3.88. The molecule has 0 N–H and O–H groups in total. The van der Waals surface area contributed by atoms with Gasteiger partial charge in [-0.1, -0.05) is 18.2 Å². The topological polar surface area (TPSA) is 87.6 Å². The summed E-state index contributed by atoms with van der Waals surface area (Å²) in [5.41, 5.74) is 0.175. The van der Waals surface area contributed by atoms with Gasteiger partial charge >= 0.3 is 0 Å². The molecular weight excluding hydrogens is 348 g/mol. The fraction of sp³-hybridized carbons (Fsp3) is 0.150. The Labute approximate surface area is 154 Å². The summed E-state index contributed by atoms with van der Waals surface area (Å²) in [6.45, 7) is 3.53. The summed E-state index contributed by atoms with van der Waals surface area (Å²) in [5.74, 6) is 2.50. The molecule has 0 atom stereocenters. The second-order valence-corrected chi connectivity index (χ2v) is 5.89. The molecule has 0 aliphatic carbocycles. The smallest absolute Gasteiger partial charge is 0.253 e. The lowest BCUT2D eigenvalue weighted by Crippen LogP contribution is -2.07. The van der Waals surface area contributed by atoms with Crippen molar-refractivity contribution in [3.63, 3.8) is 0 Å². The molecule has 0 saturated heterocycles. The van der Waals surface area contributed by atoms with Crippen LogP contribution in [0, 0.1) is 13.8 Å². The van der Waals surface area contributed by atoms with Gasteiger partial charge in [0.2, 0.25) is 17.1 Å². The van der Waals surface area contributed by atoms with Crippen LogP contribution in [0.1, 0.15) is 17.5 Å². The van der Waals surface area contributed by atoms with Crippen molar-refractivity contribution in [1.29, 1.82) is 0 Å². The Morgan fingerprint density at radius 3 is 2.52 bits per heavy atom. The largest absolute Gasteiger partial charge is 0.484 e. The zero-order valence-electron chi connectivity index (χ0n) is 14.8. The monoisotopic (exact) mass is 364 g/mol. The van der Waals surface area contributed by atoms with E-state index in [2.05, 4.69) is 10.2 Å². The van der Waals surface area contributed by atoms with Crippen molar-refractivity contribution in [2.45, 2.75) is 20.5 Å². The minimum absolute atomic E-state index is 0.130. The van der Waals surface area contributed by atoms with Gasteiger partial charge in [0.25, 0.3) is 5.89 Å². The van der Waals surface area contributed by atoms with Crippen molar-refractivity contribution < 1.29 is 18.3 Å². The van der Waals surface area contributed by atoms with Crippen LogP contribution in [-0.2, 0) is 6.61 Å². The minimum atomic E-state index is -0.239. The van der Waals surface area contributed by atoms with E-state index in [0.29, 0.717) is 40.0 Å². The molecule has 0 spiro atoms. The van der Waals surface area contributed by atoms with E-state index in [0.717, 1.165) is 0 Å². The molecule has 0 aliphatic heterocycles. The molecule has 136 valence electrons. The van der Waals surface area contributed by atoms with Crippen LogP contribution in [-0.4, -0.2) is 10.2 Å². The lowest BCUT2D eigenvalue weighted by molar-refractivity contribution is 0.260. The van der Waals surface area contributed by atoms with Gasteiger partial charge in [-0.05, 0) is 31.2 Å². The van der Waals surface area contributed by atoms with E-state index in [9.17, 15) is 4.79 Å². The predicted octanol–water partition coefficient (Wildman–Crippen LogP) is 4.16. The highest BCUT2D eigenvalue weighted by molar-refractivity contribution is 5.79. The van der Waals surface area contributed by atoms with Gasteiger partial charge in [0, 0.05) is 13.0 Å². The van der Waals surface area contributed by atoms with Crippen LogP contribution in [0.5, 0.6) is 17.2 Å². The molecule has 0 fully saturated rings. The number of benzene rings is 2. The standard InChI is InChI=1S/C20H16N2O5/c1-12-20(27-14-6-4-3-5-7-14)19(23)16-9-8-15(10-17(16)25-12)24-11-18-22-21-13(2)26-18/h3-10H,11H2,1-2H3. The van der Waals surface area contributed by atoms with Gasteiger partial charge in [-0.3, -0.25) is 4.79 Å². The van der Waals surface area contributed by atoms with E-state index in [1.54, 1.807) is 44.2 Å². The Kier molecular flexibility index (Phi) is 4.33. The van der Waals surface area contributed by atoms with Crippen LogP contribution in [0.3, 0.4) is 0 Å². The van der Waals surface area contributed by atoms with E-state index in [4.69, 9.17) is 18.3 Å². The third kappa shape index (κ3) is 3.52. The number of nitrogens with zero attached hydrogens (tertiary/aromatic N) is 2. The summed E-state index contributed by atoms with van der Waals surface area (Å²) in [4.78, 5) is 12.8. The number of hydrogen-bond acceptors (Lipinski definition) is 7. The second kappa shape index (κ2) is 6.95. The molecule has 2 heterocycles. The normalized spacial score (nSPS) is 10.9. The maximum atomic E-state index is 12.8. The molecule has 0 amide bonds. The molecule has 2 aromatic carbocycles. The van der Waals surface area contributed by atoms with Crippen molar-refractivity contribution >= 4 is 11.0 Å². The Balaban J connectivity index is 1.63. The molecule has 4 aromatic rings. The molecule has 0 aliphatic rings. The second-order valence-electron chi connectivity index (χ2n) is 5.89. The summed E-state index contributed by atoms with van der Waals surface area (Å²) in [7, 11) is 0. The van der Waals surface area contributed by atoms with E-state index >= 15 is 0 Å². The zero-order valence-corrected chi connectivity index (χ0v) is 14.8. The highest BCUT2D eigenvalue weighted by Gasteiger charge is 2.15. The summed E-state index contributed by atoms with van der Waals surface area (Å²) in [6, 6.07) is 14.1. The lowest BCUT2D eigenvalue weighted by Gasteiger charge is -2.09. The van der Waals surface area contributed by atoms with E-state index in [-0.39, 0.29) is 17.8 Å². The van der Waals surface area contributed by atoms with Crippen molar-refractivity contribution in [2.24, 2.45) is 0 Å². The molecule has 0 radical (unpaired) electrons. The third-order valence-corrected chi connectivity index (χ3v) is 3.88. The molecule has 0 saturated carbocycles. The van der Waals surface area contributed by atoms with E-state index in [1.165, 1.54) is 0 Å². The van der Waals surface area contributed by atoms with Gasteiger partial charge in [0.05, 0.1) is 5.39 Å². The number of hydrogen-bond donors (Lipinski definition) is 0. The van der Waals surface area contributed by atoms with Gasteiger partial charge < -0.3 is 18.3 Å². The van der Waals surface area contributed by atoms with Crippen LogP contribution >= 0.6 is 0 Å². The van der Waals surface area contributed by atoms with Crippen LogP contribution in [0.4, 0.5) is 0 Å². The number of fused-ring (bicyclic) bond motifs is 1. The first-order chi connectivity index (χ1) is 13.1. The van der Waals surface area contributed by atoms with Crippen LogP contribution in [0.2, 0.25) is 0 Å². The first-order valence-corrected chi connectivity index (χ1v) is 8.32. The molecule has 0 bridgehead atoms. The maximum absolute atomic E-state index is 12.8. The first kappa shape index (κ1) is 16.8. The van der Waals surface area contributed by atoms with Gasteiger partial charge in [0.15, 0.2) is 6.61 Å². The highest BCUT2D eigenvalue weighted by atomic mass is 16.5. The Morgan fingerprint density at radius 1 is 0.963 bits per heavy atom. The summed E-state index contributed by atoms with van der Waals surface area (Å²) in [6.07, 6.45) is 0. The number of aromatic nitrogens is 2. The van der Waals surface area contributed by atoms with Crippen molar-refractivity contribution in [2.75, 3.05) is 0 Å². The number of aryl methyl sites for hydroxylation is 2. The number of rotatable bonds is 5. The summed E-state index contributed by atoms with van der Waals surface area (Å²) in [5, 5.41) is 8.03. The van der Waals surface area contributed by atoms with E-state index in [1.807, 2.05) is 18.2 Å². The molecule has 7 heteroatoms. The Bertz CT molecular complexity index is 1150.